The summed E-state index contributed by atoms with van der Waals surface area (Å²) in [6.07, 6.45) is 2.88. The highest BCUT2D eigenvalue weighted by Crippen LogP contribution is 2.19. The molecular formula is C14H16ClN3O2S. The lowest BCUT2D eigenvalue weighted by Gasteiger charge is -2.11. The van der Waals surface area contributed by atoms with Crippen LogP contribution in [0.1, 0.15) is 12.5 Å². The first-order valence-electron chi connectivity index (χ1n) is 6.45. The van der Waals surface area contributed by atoms with Crippen molar-refractivity contribution in [3.63, 3.8) is 0 Å². The fourth-order valence-electron chi connectivity index (χ4n) is 1.83. The molecule has 0 aliphatic carbocycles. The van der Waals surface area contributed by atoms with Gasteiger partial charge in [-0.25, -0.2) is 13.1 Å². The van der Waals surface area contributed by atoms with E-state index >= 15 is 0 Å². The molecule has 2 aromatic rings. The van der Waals surface area contributed by atoms with E-state index in [9.17, 15) is 8.42 Å². The van der Waals surface area contributed by atoms with Gasteiger partial charge in [0.15, 0.2) is 0 Å². The molecule has 7 heteroatoms. The Morgan fingerprint density at radius 2 is 2.10 bits per heavy atom. The van der Waals surface area contributed by atoms with Gasteiger partial charge in [0.2, 0.25) is 10.0 Å². The Kier molecular flexibility index (Phi) is 5.17. The van der Waals surface area contributed by atoms with Gasteiger partial charge in [-0.05, 0) is 30.7 Å². The molecule has 1 aromatic heterocycles. The summed E-state index contributed by atoms with van der Waals surface area (Å²) >= 11 is 5.88. The van der Waals surface area contributed by atoms with E-state index < -0.39 is 10.0 Å². The number of benzene rings is 1. The summed E-state index contributed by atoms with van der Waals surface area (Å²) in [6.45, 7) is 2.69. The predicted octanol–water partition coefficient (Wildman–Crippen LogP) is 2.65. The van der Waals surface area contributed by atoms with E-state index in [4.69, 9.17) is 11.6 Å². The highest BCUT2D eigenvalue weighted by Gasteiger charge is 2.18. The molecule has 0 amide bonds. The first-order chi connectivity index (χ1) is 10.0. The molecule has 0 atom stereocenters. The van der Waals surface area contributed by atoms with E-state index in [0.29, 0.717) is 17.3 Å². The summed E-state index contributed by atoms with van der Waals surface area (Å²) in [5, 5.41) is 3.58. The second-order valence-corrected chi connectivity index (χ2v) is 6.53. The Labute approximate surface area is 129 Å². The molecule has 0 aliphatic rings. The number of hydrogen-bond acceptors (Lipinski definition) is 4. The summed E-state index contributed by atoms with van der Waals surface area (Å²) < 4.78 is 27.3. The zero-order chi connectivity index (χ0) is 15.3. The molecule has 0 saturated heterocycles. The molecule has 0 saturated carbocycles. The number of nitrogens with one attached hydrogen (secondary N) is 2. The van der Waals surface area contributed by atoms with E-state index in [1.54, 1.807) is 30.5 Å². The van der Waals surface area contributed by atoms with E-state index in [0.717, 1.165) is 5.56 Å². The van der Waals surface area contributed by atoms with Crippen LogP contribution < -0.4 is 10.0 Å². The summed E-state index contributed by atoms with van der Waals surface area (Å²) in [5.74, 6) is 0. The van der Waals surface area contributed by atoms with Crippen LogP contribution >= 0.6 is 11.6 Å². The Morgan fingerprint density at radius 3 is 2.81 bits per heavy atom. The van der Waals surface area contributed by atoms with Crippen molar-refractivity contribution in [2.45, 2.75) is 18.4 Å². The van der Waals surface area contributed by atoms with Gasteiger partial charge in [0.1, 0.15) is 4.90 Å². The first kappa shape index (κ1) is 15.8. The van der Waals surface area contributed by atoms with Crippen molar-refractivity contribution in [1.29, 1.82) is 0 Å². The average Bonchev–Trinajstić information content (AvgIpc) is 2.46. The second kappa shape index (κ2) is 6.89. The van der Waals surface area contributed by atoms with Crippen molar-refractivity contribution in [1.82, 2.24) is 9.71 Å². The fourth-order valence-corrected chi connectivity index (χ4v) is 3.19. The molecule has 0 unspecified atom stereocenters. The van der Waals surface area contributed by atoms with Crippen LogP contribution in [0.4, 0.5) is 5.69 Å². The van der Waals surface area contributed by atoms with Crippen LogP contribution in [0, 0.1) is 0 Å². The van der Waals surface area contributed by atoms with Crippen molar-refractivity contribution in [3.8, 4) is 0 Å². The zero-order valence-electron chi connectivity index (χ0n) is 11.5. The van der Waals surface area contributed by atoms with Crippen LogP contribution in [0.15, 0.2) is 47.6 Å². The molecular weight excluding hydrogens is 310 g/mol. The molecule has 0 radical (unpaired) electrons. The van der Waals surface area contributed by atoms with Gasteiger partial charge in [0.05, 0.1) is 5.69 Å². The number of hydrogen-bond donors (Lipinski definition) is 2. The van der Waals surface area contributed by atoms with E-state index in [1.165, 1.54) is 6.20 Å². The van der Waals surface area contributed by atoms with Crippen LogP contribution in [0.2, 0.25) is 5.02 Å². The highest BCUT2D eigenvalue weighted by molar-refractivity contribution is 7.89. The predicted molar refractivity (Wildman–Crippen MR) is 83.9 cm³/mol. The molecule has 0 bridgehead atoms. The SMILES string of the molecule is CCNc1ccncc1S(=O)(=O)NCc1cccc(Cl)c1. The minimum absolute atomic E-state index is 0.133. The van der Waals surface area contributed by atoms with E-state index in [1.807, 2.05) is 13.0 Å². The number of halogens is 1. The van der Waals surface area contributed by atoms with Crippen LogP contribution in [0.5, 0.6) is 0 Å². The van der Waals surface area contributed by atoms with Gasteiger partial charge in [0, 0.05) is 30.5 Å². The standard InChI is InChI=1S/C14H16ClN3O2S/c1-2-17-13-6-7-16-10-14(13)21(19,20)18-9-11-4-3-5-12(15)8-11/h3-8,10,18H,2,9H2,1H3,(H,16,17). The van der Waals surface area contributed by atoms with E-state index in [-0.39, 0.29) is 11.4 Å². The molecule has 0 aliphatic heterocycles. The molecule has 1 heterocycles. The maximum atomic E-state index is 12.4. The number of nitrogens with zero attached hydrogens (tertiary/aromatic N) is 1. The molecule has 1 aromatic carbocycles. The molecule has 2 N–H and O–H groups in total. The molecule has 112 valence electrons. The third-order valence-electron chi connectivity index (χ3n) is 2.80. The van der Waals surface area contributed by atoms with Crippen molar-refractivity contribution in [2.24, 2.45) is 0 Å². The average molecular weight is 326 g/mol. The van der Waals surface area contributed by atoms with Crippen molar-refractivity contribution in [2.75, 3.05) is 11.9 Å². The number of rotatable bonds is 6. The monoisotopic (exact) mass is 325 g/mol. The Morgan fingerprint density at radius 1 is 1.29 bits per heavy atom. The maximum Gasteiger partial charge on any atom is 0.244 e. The van der Waals surface area contributed by atoms with Gasteiger partial charge < -0.3 is 5.32 Å². The molecule has 0 spiro atoms. The summed E-state index contributed by atoms with van der Waals surface area (Å²) in [6, 6.07) is 8.68. The van der Waals surface area contributed by atoms with Gasteiger partial charge >= 0.3 is 0 Å². The normalized spacial score (nSPS) is 11.3. The third-order valence-corrected chi connectivity index (χ3v) is 4.46. The largest absolute Gasteiger partial charge is 0.384 e. The quantitative estimate of drug-likeness (QED) is 0.856. The van der Waals surface area contributed by atoms with Crippen molar-refractivity contribution < 1.29 is 8.42 Å². The van der Waals surface area contributed by atoms with Gasteiger partial charge in [-0.15, -0.1) is 0 Å². The zero-order valence-corrected chi connectivity index (χ0v) is 13.1. The maximum absolute atomic E-state index is 12.4. The minimum Gasteiger partial charge on any atom is -0.384 e. The van der Waals surface area contributed by atoms with Gasteiger partial charge in [-0.3, -0.25) is 4.98 Å². The van der Waals surface area contributed by atoms with Crippen molar-refractivity contribution in [3.05, 3.63) is 53.3 Å². The minimum atomic E-state index is -3.64. The summed E-state index contributed by atoms with van der Waals surface area (Å²) in [4.78, 5) is 4.02. The van der Waals surface area contributed by atoms with Crippen LogP contribution in [0.3, 0.4) is 0 Å². The highest BCUT2D eigenvalue weighted by atomic mass is 35.5. The van der Waals surface area contributed by atoms with Gasteiger partial charge in [0.25, 0.3) is 0 Å². The molecule has 5 nitrogen and oxygen atoms in total. The Hall–Kier alpha value is -1.63. The summed E-state index contributed by atoms with van der Waals surface area (Å²) in [5.41, 5.74) is 1.33. The lowest BCUT2D eigenvalue weighted by Crippen LogP contribution is -2.24. The number of pyridine rings is 1. The molecule has 0 fully saturated rings. The van der Waals surface area contributed by atoms with Gasteiger partial charge in [-0.2, -0.15) is 0 Å². The Balaban J connectivity index is 2.19. The Bertz CT molecular complexity index is 720. The number of sulfonamides is 1. The summed E-state index contributed by atoms with van der Waals surface area (Å²) in [7, 11) is -3.64. The van der Waals surface area contributed by atoms with E-state index in [2.05, 4.69) is 15.0 Å². The molecule has 21 heavy (non-hydrogen) atoms. The lowest BCUT2D eigenvalue weighted by atomic mass is 10.2. The van der Waals surface area contributed by atoms with Crippen LogP contribution in [0.25, 0.3) is 0 Å². The molecule has 2 rings (SSSR count). The fraction of sp³-hybridized carbons (Fsp3) is 0.214. The van der Waals surface area contributed by atoms with Crippen molar-refractivity contribution >= 4 is 27.3 Å². The topological polar surface area (TPSA) is 71.1 Å². The number of anilines is 1. The lowest BCUT2D eigenvalue weighted by molar-refractivity contribution is 0.581. The number of aromatic nitrogens is 1. The second-order valence-electron chi connectivity index (χ2n) is 4.36. The van der Waals surface area contributed by atoms with Gasteiger partial charge in [-0.1, -0.05) is 23.7 Å². The third kappa shape index (κ3) is 4.17. The van der Waals surface area contributed by atoms with Crippen LogP contribution in [-0.2, 0) is 16.6 Å². The first-order valence-corrected chi connectivity index (χ1v) is 8.31. The van der Waals surface area contributed by atoms with Crippen LogP contribution in [-0.4, -0.2) is 19.9 Å². The smallest absolute Gasteiger partial charge is 0.244 e.